The maximum absolute atomic E-state index is 13.1. The van der Waals surface area contributed by atoms with Crippen molar-refractivity contribution < 1.29 is 9.90 Å². The maximum atomic E-state index is 13.1. The number of rotatable bonds is 6. The molecule has 9 heteroatoms. The Labute approximate surface area is 191 Å². The van der Waals surface area contributed by atoms with Gasteiger partial charge in [0.15, 0.2) is 0 Å². The van der Waals surface area contributed by atoms with Crippen LogP contribution in [0.5, 0.6) is 0 Å². The van der Waals surface area contributed by atoms with E-state index in [4.69, 9.17) is 0 Å². The van der Waals surface area contributed by atoms with E-state index >= 15 is 0 Å². The molecule has 1 fully saturated rings. The highest BCUT2D eigenvalue weighted by atomic mass is 16.3. The normalized spacial score (nSPS) is 20.7. The van der Waals surface area contributed by atoms with Crippen molar-refractivity contribution in [3.8, 4) is 11.3 Å². The third kappa shape index (κ3) is 4.63. The van der Waals surface area contributed by atoms with Gasteiger partial charge in [-0.25, -0.2) is 4.98 Å². The summed E-state index contributed by atoms with van der Waals surface area (Å²) in [7, 11) is 0. The molecule has 0 spiro atoms. The van der Waals surface area contributed by atoms with Crippen molar-refractivity contribution in [3.05, 3.63) is 60.4 Å². The standard InChI is InChI=1S/C24H27N7O2/c1-16-11-17(6-9-26-16)22-20-12-18(4-5-21(20)29-30-22)23(32)28-19-3-2-7-24(33,13-19)8-10-31-15-25-14-27-31/h4-6,9,11-12,14-15,19,33H,2-3,7-8,10,13H2,1H3,(H,28,32)(H,29,30)/t19-,24+/m1/s1. The summed E-state index contributed by atoms with van der Waals surface area (Å²) < 4.78 is 1.72. The number of nitrogens with zero attached hydrogens (tertiary/aromatic N) is 5. The summed E-state index contributed by atoms with van der Waals surface area (Å²) in [6.07, 6.45) is 8.46. The molecule has 1 aliphatic rings. The van der Waals surface area contributed by atoms with E-state index in [9.17, 15) is 9.90 Å². The van der Waals surface area contributed by atoms with Crippen molar-refractivity contribution in [1.29, 1.82) is 0 Å². The number of aliphatic hydroxyl groups is 1. The number of aromatic nitrogens is 6. The molecule has 0 unspecified atom stereocenters. The number of benzene rings is 1. The van der Waals surface area contributed by atoms with Crippen LogP contribution in [-0.2, 0) is 6.54 Å². The summed E-state index contributed by atoms with van der Waals surface area (Å²) in [6.45, 7) is 2.54. The van der Waals surface area contributed by atoms with Gasteiger partial charge in [-0.2, -0.15) is 10.2 Å². The van der Waals surface area contributed by atoms with Gasteiger partial charge in [0.25, 0.3) is 5.91 Å². The van der Waals surface area contributed by atoms with Crippen LogP contribution in [0.4, 0.5) is 0 Å². The zero-order chi connectivity index (χ0) is 22.8. The van der Waals surface area contributed by atoms with Gasteiger partial charge in [0.1, 0.15) is 18.3 Å². The van der Waals surface area contributed by atoms with Crippen LogP contribution in [0.2, 0.25) is 0 Å². The first-order valence-corrected chi connectivity index (χ1v) is 11.3. The van der Waals surface area contributed by atoms with Crippen LogP contribution in [0.1, 0.15) is 48.2 Å². The molecule has 1 aliphatic carbocycles. The monoisotopic (exact) mass is 445 g/mol. The SMILES string of the molecule is Cc1cc(-c2n[nH]c3ccc(C(=O)N[C@@H]4CCC[C@](O)(CCn5cncn5)C4)cc23)ccn1. The van der Waals surface area contributed by atoms with Crippen molar-refractivity contribution >= 4 is 16.8 Å². The molecule has 2 atom stereocenters. The lowest BCUT2D eigenvalue weighted by Crippen LogP contribution is -2.46. The number of fused-ring (bicyclic) bond motifs is 1. The van der Waals surface area contributed by atoms with Gasteiger partial charge >= 0.3 is 0 Å². The first-order valence-electron chi connectivity index (χ1n) is 11.3. The highest BCUT2D eigenvalue weighted by Gasteiger charge is 2.35. The van der Waals surface area contributed by atoms with Crippen LogP contribution >= 0.6 is 0 Å². The Bertz CT molecular complexity index is 1270. The molecule has 33 heavy (non-hydrogen) atoms. The first-order chi connectivity index (χ1) is 16.0. The van der Waals surface area contributed by atoms with Crippen LogP contribution in [0.15, 0.2) is 49.2 Å². The van der Waals surface area contributed by atoms with Gasteiger partial charge in [-0.05, 0) is 69.4 Å². The minimum Gasteiger partial charge on any atom is -0.390 e. The third-order valence-electron chi connectivity index (χ3n) is 6.42. The Morgan fingerprint density at radius 2 is 2.24 bits per heavy atom. The second-order valence-corrected chi connectivity index (χ2v) is 8.92. The highest BCUT2D eigenvalue weighted by Crippen LogP contribution is 2.32. The van der Waals surface area contributed by atoms with Gasteiger partial charge in [0.2, 0.25) is 0 Å². The molecule has 1 aromatic carbocycles. The van der Waals surface area contributed by atoms with Crippen LogP contribution in [0.25, 0.3) is 22.2 Å². The molecule has 4 aromatic rings. The predicted octanol–water partition coefficient (Wildman–Crippen LogP) is 3.02. The number of hydrogen-bond donors (Lipinski definition) is 3. The average Bonchev–Trinajstić information content (AvgIpc) is 3.47. The topological polar surface area (TPSA) is 122 Å². The molecule has 3 heterocycles. The average molecular weight is 446 g/mol. The molecular formula is C24H27N7O2. The lowest BCUT2D eigenvalue weighted by molar-refractivity contribution is -0.0178. The van der Waals surface area contributed by atoms with Gasteiger partial charge in [-0.15, -0.1) is 0 Å². The minimum absolute atomic E-state index is 0.0747. The number of carbonyl (C=O) groups is 1. The zero-order valence-electron chi connectivity index (χ0n) is 18.5. The molecule has 3 N–H and O–H groups in total. The highest BCUT2D eigenvalue weighted by molar-refractivity contribution is 6.01. The summed E-state index contributed by atoms with van der Waals surface area (Å²) in [5.74, 6) is -0.138. The van der Waals surface area contributed by atoms with Gasteiger partial charge < -0.3 is 10.4 Å². The second-order valence-electron chi connectivity index (χ2n) is 8.92. The molecule has 0 saturated heterocycles. The van der Waals surface area contributed by atoms with E-state index in [-0.39, 0.29) is 11.9 Å². The first kappa shape index (κ1) is 21.3. The molecule has 3 aromatic heterocycles. The fourth-order valence-electron chi connectivity index (χ4n) is 4.70. The van der Waals surface area contributed by atoms with Crippen molar-refractivity contribution in [1.82, 2.24) is 35.3 Å². The fourth-order valence-corrected chi connectivity index (χ4v) is 4.70. The third-order valence-corrected chi connectivity index (χ3v) is 6.42. The number of carbonyl (C=O) groups excluding carboxylic acids is 1. The summed E-state index contributed by atoms with van der Waals surface area (Å²) in [6, 6.07) is 9.37. The van der Waals surface area contributed by atoms with E-state index in [1.54, 1.807) is 23.3 Å². The molecule has 1 saturated carbocycles. The minimum atomic E-state index is -0.816. The predicted molar refractivity (Wildman–Crippen MR) is 123 cm³/mol. The number of aryl methyl sites for hydroxylation is 2. The Morgan fingerprint density at radius 3 is 3.06 bits per heavy atom. The number of hydrogen-bond acceptors (Lipinski definition) is 6. The maximum Gasteiger partial charge on any atom is 0.251 e. The van der Waals surface area contributed by atoms with Crippen LogP contribution < -0.4 is 5.32 Å². The number of H-pyrrole nitrogens is 1. The van der Waals surface area contributed by atoms with E-state index in [0.29, 0.717) is 24.9 Å². The molecule has 170 valence electrons. The molecule has 0 radical (unpaired) electrons. The number of aromatic amines is 1. The number of pyridine rings is 1. The van der Waals surface area contributed by atoms with E-state index in [1.165, 1.54) is 6.33 Å². The molecule has 5 rings (SSSR count). The molecule has 0 bridgehead atoms. The van der Waals surface area contributed by atoms with Gasteiger partial charge in [0, 0.05) is 41.0 Å². The Hall–Kier alpha value is -3.59. The Kier molecular flexibility index (Phi) is 5.63. The second kappa shape index (κ2) is 8.74. The van der Waals surface area contributed by atoms with Gasteiger partial charge in [-0.3, -0.25) is 19.6 Å². The number of amides is 1. The van der Waals surface area contributed by atoms with E-state index < -0.39 is 5.60 Å². The summed E-state index contributed by atoms with van der Waals surface area (Å²) in [4.78, 5) is 21.3. The lowest BCUT2D eigenvalue weighted by atomic mass is 9.79. The summed E-state index contributed by atoms with van der Waals surface area (Å²) >= 11 is 0. The quantitative estimate of drug-likeness (QED) is 0.419. The van der Waals surface area contributed by atoms with Gasteiger partial charge in [0.05, 0.1) is 11.1 Å². The molecular weight excluding hydrogens is 418 g/mol. The van der Waals surface area contributed by atoms with Crippen molar-refractivity contribution in [2.75, 3.05) is 0 Å². The lowest BCUT2D eigenvalue weighted by Gasteiger charge is -2.37. The van der Waals surface area contributed by atoms with Crippen LogP contribution in [0.3, 0.4) is 0 Å². The van der Waals surface area contributed by atoms with Crippen LogP contribution in [-0.4, -0.2) is 52.6 Å². The van der Waals surface area contributed by atoms with Crippen molar-refractivity contribution in [2.24, 2.45) is 0 Å². The smallest absolute Gasteiger partial charge is 0.251 e. The van der Waals surface area contributed by atoms with Crippen molar-refractivity contribution in [2.45, 2.75) is 57.2 Å². The van der Waals surface area contributed by atoms with Crippen molar-refractivity contribution in [3.63, 3.8) is 0 Å². The van der Waals surface area contributed by atoms with E-state index in [2.05, 4.69) is 30.6 Å². The Balaban J connectivity index is 1.30. The number of nitrogens with one attached hydrogen (secondary N) is 2. The fraction of sp³-hybridized carbons (Fsp3) is 0.375. The van der Waals surface area contributed by atoms with Gasteiger partial charge in [-0.1, -0.05) is 0 Å². The van der Waals surface area contributed by atoms with E-state index in [0.717, 1.165) is 47.1 Å². The summed E-state index contributed by atoms with van der Waals surface area (Å²) in [5.41, 5.74) is 3.29. The molecule has 0 aliphatic heterocycles. The Morgan fingerprint density at radius 1 is 1.33 bits per heavy atom. The summed E-state index contributed by atoms with van der Waals surface area (Å²) in [5, 5.41) is 26.7. The molecule has 9 nitrogen and oxygen atoms in total. The molecule has 1 amide bonds. The van der Waals surface area contributed by atoms with E-state index in [1.807, 2.05) is 31.2 Å². The largest absolute Gasteiger partial charge is 0.390 e. The van der Waals surface area contributed by atoms with Crippen LogP contribution in [0, 0.1) is 6.92 Å². The zero-order valence-corrected chi connectivity index (χ0v) is 18.5.